The Hall–Kier alpha value is -1.05. The van der Waals surface area contributed by atoms with Gasteiger partial charge in [-0.2, -0.15) is 0 Å². The van der Waals surface area contributed by atoms with E-state index in [1.165, 1.54) is 6.26 Å². The Morgan fingerprint density at radius 3 is 2.73 bits per heavy atom. The fraction of sp³-hybridized carbons (Fsp3) is 0.500. The minimum atomic E-state index is -2.98. The maximum atomic E-state index is 11.0. The summed E-state index contributed by atoms with van der Waals surface area (Å²) in [6, 6.07) is -0.284. The highest BCUT2D eigenvalue weighted by Gasteiger charge is 2.13. The predicted molar refractivity (Wildman–Crippen MR) is 56.4 cm³/mol. The average molecular weight is 230 g/mol. The van der Waals surface area contributed by atoms with Crippen molar-refractivity contribution in [2.24, 2.45) is 5.84 Å². The molecule has 1 unspecified atom stereocenters. The van der Waals surface area contributed by atoms with Crippen molar-refractivity contribution < 1.29 is 8.42 Å². The molecule has 0 aliphatic heterocycles. The highest BCUT2D eigenvalue weighted by molar-refractivity contribution is 7.90. The SMILES string of the molecule is CS(=O)(=O)CCC(NN)c1cnccn1. The van der Waals surface area contributed by atoms with Crippen LogP contribution in [0.1, 0.15) is 18.2 Å². The third kappa shape index (κ3) is 4.32. The number of rotatable bonds is 5. The minimum Gasteiger partial charge on any atom is -0.271 e. The number of nitrogens with zero attached hydrogens (tertiary/aromatic N) is 2. The normalized spacial score (nSPS) is 13.7. The summed E-state index contributed by atoms with van der Waals surface area (Å²) in [5.41, 5.74) is 3.17. The highest BCUT2D eigenvalue weighted by Crippen LogP contribution is 2.12. The number of sulfone groups is 1. The van der Waals surface area contributed by atoms with Crippen molar-refractivity contribution in [1.29, 1.82) is 0 Å². The van der Waals surface area contributed by atoms with Gasteiger partial charge in [-0.3, -0.25) is 21.2 Å². The maximum Gasteiger partial charge on any atom is 0.147 e. The van der Waals surface area contributed by atoms with Crippen LogP contribution in [0.5, 0.6) is 0 Å². The Balaban J connectivity index is 2.66. The molecule has 1 aromatic rings. The summed E-state index contributed by atoms with van der Waals surface area (Å²) in [4.78, 5) is 7.94. The van der Waals surface area contributed by atoms with Crippen LogP contribution in [0.25, 0.3) is 0 Å². The summed E-state index contributed by atoms with van der Waals surface area (Å²) in [5, 5.41) is 0. The predicted octanol–water partition coefficient (Wildman–Crippen LogP) is -0.584. The monoisotopic (exact) mass is 230 g/mol. The first-order valence-corrected chi connectivity index (χ1v) is 6.49. The Morgan fingerprint density at radius 1 is 1.53 bits per heavy atom. The summed E-state index contributed by atoms with van der Waals surface area (Å²) in [5.74, 6) is 5.39. The van der Waals surface area contributed by atoms with Crippen LogP contribution in [-0.2, 0) is 9.84 Å². The first-order chi connectivity index (χ1) is 7.03. The van der Waals surface area contributed by atoms with Gasteiger partial charge in [-0.05, 0) is 6.42 Å². The van der Waals surface area contributed by atoms with Crippen LogP contribution >= 0.6 is 0 Å². The topological polar surface area (TPSA) is 98.0 Å². The largest absolute Gasteiger partial charge is 0.271 e. The van der Waals surface area contributed by atoms with E-state index in [4.69, 9.17) is 5.84 Å². The molecule has 84 valence electrons. The van der Waals surface area contributed by atoms with Gasteiger partial charge in [-0.1, -0.05) is 0 Å². The fourth-order valence-corrected chi connectivity index (χ4v) is 1.80. The molecule has 0 bridgehead atoms. The summed E-state index contributed by atoms with van der Waals surface area (Å²) in [6.07, 6.45) is 6.23. The van der Waals surface area contributed by atoms with Gasteiger partial charge < -0.3 is 0 Å². The van der Waals surface area contributed by atoms with E-state index in [1.54, 1.807) is 18.6 Å². The molecule has 0 aliphatic rings. The van der Waals surface area contributed by atoms with Gasteiger partial charge in [0.15, 0.2) is 0 Å². The molecule has 3 N–H and O–H groups in total. The van der Waals surface area contributed by atoms with E-state index < -0.39 is 9.84 Å². The Labute approximate surface area is 88.8 Å². The lowest BCUT2D eigenvalue weighted by molar-refractivity contribution is 0.518. The number of nitrogens with one attached hydrogen (secondary N) is 1. The van der Waals surface area contributed by atoms with Gasteiger partial charge in [0, 0.05) is 18.6 Å². The fourth-order valence-electron chi connectivity index (χ4n) is 1.14. The summed E-state index contributed by atoms with van der Waals surface area (Å²) in [7, 11) is -2.98. The zero-order valence-electron chi connectivity index (χ0n) is 8.42. The standard InChI is InChI=1S/C8H14N4O2S/c1-15(13,14)5-2-7(12-9)8-6-10-3-4-11-8/h3-4,6-7,12H,2,5,9H2,1H3. The van der Waals surface area contributed by atoms with Crippen molar-refractivity contribution in [2.45, 2.75) is 12.5 Å². The second kappa shape index (κ2) is 5.15. The molecule has 1 aromatic heterocycles. The number of nitrogens with two attached hydrogens (primary N) is 1. The van der Waals surface area contributed by atoms with Crippen LogP contribution in [-0.4, -0.2) is 30.4 Å². The zero-order valence-corrected chi connectivity index (χ0v) is 9.24. The zero-order chi connectivity index (χ0) is 11.3. The van der Waals surface area contributed by atoms with Crippen LogP contribution in [0, 0.1) is 0 Å². The average Bonchev–Trinajstić information content (AvgIpc) is 2.19. The molecular weight excluding hydrogens is 216 g/mol. The van der Waals surface area contributed by atoms with E-state index in [9.17, 15) is 8.42 Å². The maximum absolute atomic E-state index is 11.0. The lowest BCUT2D eigenvalue weighted by atomic mass is 10.2. The Kier molecular flexibility index (Phi) is 4.13. The van der Waals surface area contributed by atoms with E-state index in [1.807, 2.05) is 0 Å². The smallest absolute Gasteiger partial charge is 0.147 e. The van der Waals surface area contributed by atoms with Gasteiger partial charge in [-0.25, -0.2) is 8.42 Å². The summed E-state index contributed by atoms with van der Waals surface area (Å²) >= 11 is 0. The molecule has 15 heavy (non-hydrogen) atoms. The number of aromatic nitrogens is 2. The van der Waals surface area contributed by atoms with Crippen molar-refractivity contribution in [3.05, 3.63) is 24.3 Å². The molecular formula is C8H14N4O2S. The first kappa shape index (κ1) is 12.0. The molecule has 1 atom stereocenters. The van der Waals surface area contributed by atoms with E-state index in [2.05, 4.69) is 15.4 Å². The minimum absolute atomic E-state index is 0.0679. The van der Waals surface area contributed by atoms with Gasteiger partial charge in [0.2, 0.25) is 0 Å². The van der Waals surface area contributed by atoms with Gasteiger partial charge in [0.05, 0.1) is 23.7 Å². The van der Waals surface area contributed by atoms with Gasteiger partial charge in [0.1, 0.15) is 9.84 Å². The molecule has 0 saturated heterocycles. The molecule has 7 heteroatoms. The van der Waals surface area contributed by atoms with Crippen molar-refractivity contribution in [3.8, 4) is 0 Å². The molecule has 0 amide bonds. The van der Waals surface area contributed by atoms with Crippen LogP contribution in [0.2, 0.25) is 0 Å². The molecule has 0 aliphatic carbocycles. The molecule has 0 aromatic carbocycles. The Bertz CT molecular complexity index is 392. The second-order valence-corrected chi connectivity index (χ2v) is 5.53. The number of hydrazine groups is 1. The van der Waals surface area contributed by atoms with Crippen molar-refractivity contribution in [3.63, 3.8) is 0 Å². The lowest BCUT2D eigenvalue weighted by Gasteiger charge is -2.13. The molecule has 1 rings (SSSR count). The van der Waals surface area contributed by atoms with Crippen molar-refractivity contribution in [1.82, 2.24) is 15.4 Å². The number of hydrogen-bond donors (Lipinski definition) is 2. The van der Waals surface area contributed by atoms with E-state index in [0.717, 1.165) is 0 Å². The van der Waals surface area contributed by atoms with Gasteiger partial charge in [-0.15, -0.1) is 0 Å². The molecule has 1 heterocycles. The van der Waals surface area contributed by atoms with Crippen LogP contribution < -0.4 is 11.3 Å². The van der Waals surface area contributed by atoms with Crippen LogP contribution in [0.3, 0.4) is 0 Å². The van der Waals surface area contributed by atoms with Crippen LogP contribution in [0.15, 0.2) is 18.6 Å². The molecule has 0 fully saturated rings. The molecule has 6 nitrogen and oxygen atoms in total. The first-order valence-electron chi connectivity index (χ1n) is 4.42. The van der Waals surface area contributed by atoms with E-state index >= 15 is 0 Å². The van der Waals surface area contributed by atoms with Crippen molar-refractivity contribution in [2.75, 3.05) is 12.0 Å². The lowest BCUT2D eigenvalue weighted by Crippen LogP contribution is -2.30. The van der Waals surface area contributed by atoms with Gasteiger partial charge in [0.25, 0.3) is 0 Å². The number of hydrogen-bond acceptors (Lipinski definition) is 6. The van der Waals surface area contributed by atoms with Crippen molar-refractivity contribution >= 4 is 9.84 Å². The quantitative estimate of drug-likeness (QED) is 0.518. The third-order valence-corrected chi connectivity index (χ3v) is 2.90. The molecule has 0 saturated carbocycles. The molecule has 0 radical (unpaired) electrons. The van der Waals surface area contributed by atoms with E-state index in [-0.39, 0.29) is 11.8 Å². The van der Waals surface area contributed by atoms with Crippen LogP contribution in [0.4, 0.5) is 0 Å². The highest BCUT2D eigenvalue weighted by atomic mass is 32.2. The third-order valence-electron chi connectivity index (χ3n) is 1.92. The summed E-state index contributed by atoms with van der Waals surface area (Å²) in [6.45, 7) is 0. The Morgan fingerprint density at radius 2 is 2.27 bits per heavy atom. The van der Waals surface area contributed by atoms with Gasteiger partial charge >= 0.3 is 0 Å². The molecule has 0 spiro atoms. The summed E-state index contributed by atoms with van der Waals surface area (Å²) < 4.78 is 22.0. The second-order valence-electron chi connectivity index (χ2n) is 3.27. The van der Waals surface area contributed by atoms with E-state index in [0.29, 0.717) is 12.1 Å².